The molecule has 0 bridgehead atoms. The summed E-state index contributed by atoms with van der Waals surface area (Å²) in [4.78, 5) is 28.2. The van der Waals surface area contributed by atoms with Crippen LogP contribution in [0.25, 0.3) is 0 Å². The van der Waals surface area contributed by atoms with Crippen molar-refractivity contribution < 1.29 is 19.0 Å². The van der Waals surface area contributed by atoms with Crippen molar-refractivity contribution >= 4 is 21.8 Å². The Bertz CT molecular complexity index is 983. The average molecular weight is 463 g/mol. The normalized spacial score (nSPS) is 20.9. The van der Waals surface area contributed by atoms with Gasteiger partial charge in [-0.25, -0.2) is 0 Å². The molecular formula is C21H23BrN2O5. The van der Waals surface area contributed by atoms with Crippen LogP contribution in [0.4, 0.5) is 0 Å². The Balaban J connectivity index is 1.84. The van der Waals surface area contributed by atoms with Crippen molar-refractivity contribution in [2.45, 2.75) is 31.7 Å². The van der Waals surface area contributed by atoms with Crippen LogP contribution in [0.2, 0.25) is 0 Å². The Morgan fingerprint density at radius 2 is 1.97 bits per heavy atom. The maximum absolute atomic E-state index is 13.4. The van der Waals surface area contributed by atoms with Gasteiger partial charge >= 0.3 is 0 Å². The number of fused-ring (bicyclic) bond motifs is 1. The zero-order chi connectivity index (χ0) is 20.6. The molecule has 1 saturated heterocycles. The number of carbonyl (C=O) groups excluding carboxylic acids is 1. The summed E-state index contributed by atoms with van der Waals surface area (Å²) in [6.07, 6.45) is 0.741. The van der Waals surface area contributed by atoms with E-state index in [2.05, 4.69) is 15.9 Å². The van der Waals surface area contributed by atoms with Gasteiger partial charge < -0.3 is 23.7 Å². The van der Waals surface area contributed by atoms with Gasteiger partial charge in [0.15, 0.2) is 11.4 Å². The molecule has 8 heteroatoms. The van der Waals surface area contributed by atoms with Crippen molar-refractivity contribution in [2.75, 3.05) is 27.4 Å². The van der Waals surface area contributed by atoms with Gasteiger partial charge in [-0.3, -0.25) is 9.59 Å². The first-order chi connectivity index (χ1) is 14.0. The molecule has 154 valence electrons. The zero-order valence-electron chi connectivity index (χ0n) is 16.4. The fourth-order valence-electron chi connectivity index (χ4n) is 4.00. The molecule has 1 aromatic heterocycles. The molecule has 0 N–H and O–H groups in total. The minimum absolute atomic E-state index is 0.0613. The number of methoxy groups -OCH3 is 1. The second-order valence-corrected chi connectivity index (χ2v) is 8.25. The number of rotatable bonds is 5. The monoisotopic (exact) mass is 462 g/mol. The molecule has 29 heavy (non-hydrogen) atoms. The summed E-state index contributed by atoms with van der Waals surface area (Å²) in [5.74, 6) is -0.182. The molecule has 1 fully saturated rings. The zero-order valence-corrected chi connectivity index (χ0v) is 18.0. The largest absolute Gasteiger partial charge is 0.483 e. The molecule has 2 aliphatic rings. The Morgan fingerprint density at radius 1 is 1.21 bits per heavy atom. The van der Waals surface area contributed by atoms with Gasteiger partial charge in [0.2, 0.25) is 5.43 Å². The summed E-state index contributed by atoms with van der Waals surface area (Å²) in [5, 5.41) is 0. The van der Waals surface area contributed by atoms with E-state index in [0.29, 0.717) is 29.9 Å². The number of carbonyl (C=O) groups is 1. The molecule has 1 aromatic carbocycles. The van der Waals surface area contributed by atoms with Crippen LogP contribution in [-0.4, -0.2) is 48.3 Å². The number of aromatic nitrogens is 1. The SMILES string of the molecule is COCc1c(Br)c(=O)c(OCc2ccccc2)c2n1CC1(CCOC1)N(C)C2=O. The summed E-state index contributed by atoms with van der Waals surface area (Å²) in [6, 6.07) is 9.55. The molecule has 1 amide bonds. The number of ether oxygens (including phenoxy) is 3. The van der Waals surface area contributed by atoms with E-state index in [-0.39, 0.29) is 36.0 Å². The Kier molecular flexibility index (Phi) is 5.50. The summed E-state index contributed by atoms with van der Waals surface area (Å²) in [6.45, 7) is 1.99. The van der Waals surface area contributed by atoms with Crippen LogP contribution in [0, 0.1) is 0 Å². The van der Waals surface area contributed by atoms with Gasteiger partial charge in [0.25, 0.3) is 5.91 Å². The molecule has 0 aliphatic carbocycles. The lowest BCUT2D eigenvalue weighted by molar-refractivity contribution is 0.0325. The van der Waals surface area contributed by atoms with Crippen LogP contribution in [0.1, 0.15) is 28.2 Å². The van der Waals surface area contributed by atoms with Crippen molar-refractivity contribution in [3.05, 3.63) is 62.0 Å². The Morgan fingerprint density at radius 3 is 2.62 bits per heavy atom. The van der Waals surface area contributed by atoms with E-state index < -0.39 is 5.54 Å². The standard InChI is InChI=1S/C21H23BrN2O5/c1-23-20(26)17-19(29-10-14-6-4-3-5-7-14)18(25)16(22)15(11-27-2)24(17)12-21(23)8-9-28-13-21/h3-7H,8-13H2,1-2H3. The summed E-state index contributed by atoms with van der Waals surface area (Å²) in [7, 11) is 3.33. The van der Waals surface area contributed by atoms with E-state index in [9.17, 15) is 9.59 Å². The number of pyridine rings is 1. The number of benzene rings is 1. The number of halogens is 1. The summed E-state index contributed by atoms with van der Waals surface area (Å²) in [5.41, 5.74) is 1.03. The van der Waals surface area contributed by atoms with Gasteiger partial charge in [0.1, 0.15) is 6.61 Å². The molecule has 2 aliphatic heterocycles. The fraction of sp³-hybridized carbons (Fsp3) is 0.429. The predicted octanol–water partition coefficient (Wildman–Crippen LogP) is 2.58. The van der Waals surface area contributed by atoms with Crippen molar-refractivity contribution in [3.63, 3.8) is 0 Å². The third kappa shape index (κ3) is 3.39. The second-order valence-electron chi connectivity index (χ2n) is 7.45. The Hall–Kier alpha value is -2.16. The summed E-state index contributed by atoms with van der Waals surface area (Å²) < 4.78 is 19.1. The smallest absolute Gasteiger partial charge is 0.274 e. The third-order valence-electron chi connectivity index (χ3n) is 5.73. The minimum atomic E-state index is -0.433. The lowest BCUT2D eigenvalue weighted by atomic mass is 9.92. The molecule has 1 atom stereocenters. The van der Waals surface area contributed by atoms with Gasteiger partial charge in [0, 0.05) is 27.3 Å². The molecule has 2 aromatic rings. The predicted molar refractivity (Wildman–Crippen MR) is 110 cm³/mol. The second kappa shape index (κ2) is 7.93. The number of likely N-dealkylation sites (N-methyl/N-ethyl adjacent to an activating group) is 1. The fourth-order valence-corrected chi connectivity index (χ4v) is 4.51. The number of amides is 1. The highest BCUT2D eigenvalue weighted by Gasteiger charge is 2.48. The van der Waals surface area contributed by atoms with Gasteiger partial charge in [-0.15, -0.1) is 0 Å². The van der Waals surface area contributed by atoms with Crippen LogP contribution in [0.5, 0.6) is 5.75 Å². The van der Waals surface area contributed by atoms with Gasteiger partial charge in [-0.1, -0.05) is 30.3 Å². The van der Waals surface area contributed by atoms with E-state index in [1.807, 2.05) is 34.9 Å². The van der Waals surface area contributed by atoms with Gasteiger partial charge in [-0.2, -0.15) is 0 Å². The first kappa shape index (κ1) is 20.1. The highest BCUT2D eigenvalue weighted by atomic mass is 79.9. The van der Waals surface area contributed by atoms with Crippen molar-refractivity contribution in [2.24, 2.45) is 0 Å². The topological polar surface area (TPSA) is 70.0 Å². The molecule has 1 unspecified atom stereocenters. The van der Waals surface area contributed by atoms with Crippen molar-refractivity contribution in [1.82, 2.24) is 9.47 Å². The van der Waals surface area contributed by atoms with Gasteiger partial charge in [-0.05, 0) is 27.9 Å². The molecule has 3 heterocycles. The molecule has 0 saturated carbocycles. The van der Waals surface area contributed by atoms with E-state index in [4.69, 9.17) is 14.2 Å². The number of hydrogen-bond acceptors (Lipinski definition) is 5. The van der Waals surface area contributed by atoms with E-state index in [0.717, 1.165) is 12.0 Å². The quantitative estimate of drug-likeness (QED) is 0.682. The number of nitrogens with zero attached hydrogens (tertiary/aromatic N) is 2. The molecule has 4 rings (SSSR count). The van der Waals surface area contributed by atoms with Crippen molar-refractivity contribution in [3.8, 4) is 5.75 Å². The van der Waals surface area contributed by atoms with Crippen LogP contribution in [0.3, 0.4) is 0 Å². The van der Waals surface area contributed by atoms with E-state index >= 15 is 0 Å². The molecule has 0 radical (unpaired) electrons. The highest BCUT2D eigenvalue weighted by molar-refractivity contribution is 9.10. The van der Waals surface area contributed by atoms with Crippen molar-refractivity contribution in [1.29, 1.82) is 0 Å². The third-order valence-corrected chi connectivity index (χ3v) is 6.55. The lowest BCUT2D eigenvalue weighted by Gasteiger charge is -2.44. The Labute approximate surface area is 177 Å². The minimum Gasteiger partial charge on any atom is -0.483 e. The average Bonchev–Trinajstić information content (AvgIpc) is 3.20. The van der Waals surface area contributed by atoms with Crippen LogP contribution in [-0.2, 0) is 29.2 Å². The van der Waals surface area contributed by atoms with Crippen LogP contribution < -0.4 is 10.2 Å². The molecule has 7 nitrogen and oxygen atoms in total. The lowest BCUT2D eigenvalue weighted by Crippen LogP contribution is -2.58. The van der Waals surface area contributed by atoms with Crippen LogP contribution >= 0.6 is 15.9 Å². The molecular weight excluding hydrogens is 440 g/mol. The maximum atomic E-state index is 13.4. The summed E-state index contributed by atoms with van der Waals surface area (Å²) >= 11 is 3.42. The van der Waals surface area contributed by atoms with Crippen LogP contribution in [0.15, 0.2) is 39.6 Å². The number of hydrogen-bond donors (Lipinski definition) is 0. The molecule has 1 spiro atoms. The van der Waals surface area contributed by atoms with E-state index in [1.165, 1.54) is 0 Å². The first-order valence-electron chi connectivity index (χ1n) is 9.45. The van der Waals surface area contributed by atoms with E-state index in [1.54, 1.807) is 19.1 Å². The first-order valence-corrected chi connectivity index (χ1v) is 10.2. The maximum Gasteiger partial charge on any atom is 0.274 e. The highest BCUT2D eigenvalue weighted by Crippen LogP contribution is 2.37. The van der Waals surface area contributed by atoms with Gasteiger partial charge in [0.05, 0.1) is 28.9 Å².